The van der Waals surface area contributed by atoms with Crippen molar-refractivity contribution in [2.75, 3.05) is 18.4 Å². The number of likely N-dealkylation sites (tertiary alicyclic amines) is 1. The van der Waals surface area contributed by atoms with Gasteiger partial charge in [0.25, 0.3) is 0 Å². The number of benzene rings is 1. The molecule has 2 amide bonds. The number of hydrogen-bond donors (Lipinski definition) is 4. The summed E-state index contributed by atoms with van der Waals surface area (Å²) in [7, 11) is 0. The van der Waals surface area contributed by atoms with Gasteiger partial charge in [0.1, 0.15) is 11.7 Å². The summed E-state index contributed by atoms with van der Waals surface area (Å²) in [5.41, 5.74) is 7.29. The molecule has 8 heteroatoms. The number of nitrogens with two attached hydrogens (primary N) is 1. The molecule has 0 spiro atoms. The van der Waals surface area contributed by atoms with Crippen molar-refractivity contribution in [3.8, 4) is 0 Å². The van der Waals surface area contributed by atoms with Crippen molar-refractivity contribution in [2.45, 2.75) is 70.3 Å². The zero-order valence-electron chi connectivity index (χ0n) is 20.9. The number of anilines is 1. The number of carboxylic acids is 1. The third kappa shape index (κ3) is 5.01. The molecule has 5 rings (SSSR count). The highest BCUT2D eigenvalue weighted by Crippen LogP contribution is 2.41. The number of hydrogen-bond acceptors (Lipinski definition) is 4. The second-order valence-corrected chi connectivity index (χ2v) is 11.1. The van der Waals surface area contributed by atoms with Crippen LogP contribution < -0.4 is 11.1 Å². The van der Waals surface area contributed by atoms with Crippen molar-refractivity contribution in [3.63, 3.8) is 0 Å². The number of H-pyrrole nitrogens is 1. The van der Waals surface area contributed by atoms with Crippen molar-refractivity contribution < 1.29 is 19.5 Å². The predicted octanol–water partition coefficient (Wildman–Crippen LogP) is 4.37. The van der Waals surface area contributed by atoms with E-state index in [1.807, 2.05) is 4.90 Å². The summed E-state index contributed by atoms with van der Waals surface area (Å²) in [6.07, 6.45) is 10.5. The number of carbonyl (C=O) groups excluding carboxylic acids is 2. The Labute approximate surface area is 212 Å². The van der Waals surface area contributed by atoms with Gasteiger partial charge in [-0.25, -0.2) is 4.79 Å². The molecule has 5 N–H and O–H groups in total. The van der Waals surface area contributed by atoms with Gasteiger partial charge in [0.15, 0.2) is 0 Å². The van der Waals surface area contributed by atoms with E-state index < -0.39 is 12.0 Å². The largest absolute Gasteiger partial charge is 0.477 e. The molecule has 8 nitrogen and oxygen atoms in total. The number of aromatic carboxylic acids is 1. The number of nitrogens with one attached hydrogen (secondary N) is 2. The Morgan fingerprint density at radius 1 is 1.00 bits per heavy atom. The van der Waals surface area contributed by atoms with Crippen LogP contribution in [0.25, 0.3) is 10.9 Å². The molecule has 3 fully saturated rings. The Morgan fingerprint density at radius 3 is 2.44 bits per heavy atom. The van der Waals surface area contributed by atoms with Crippen molar-refractivity contribution in [3.05, 3.63) is 30.0 Å². The molecule has 1 saturated heterocycles. The fourth-order valence-electron chi connectivity index (χ4n) is 6.88. The third-order valence-corrected chi connectivity index (χ3v) is 8.90. The lowest BCUT2D eigenvalue weighted by Gasteiger charge is -2.36. The minimum Gasteiger partial charge on any atom is -0.477 e. The number of nitrogens with zero attached hydrogens (tertiary/aromatic N) is 1. The van der Waals surface area contributed by atoms with E-state index in [1.54, 1.807) is 24.3 Å². The topological polar surface area (TPSA) is 129 Å². The molecule has 2 aromatic rings. The normalized spacial score (nSPS) is 27.3. The molecule has 194 valence electrons. The highest BCUT2D eigenvalue weighted by Gasteiger charge is 2.46. The van der Waals surface area contributed by atoms with Crippen molar-refractivity contribution in [2.24, 2.45) is 29.4 Å². The number of amides is 2. The van der Waals surface area contributed by atoms with Gasteiger partial charge < -0.3 is 26.0 Å². The zero-order valence-corrected chi connectivity index (χ0v) is 20.9. The van der Waals surface area contributed by atoms with Gasteiger partial charge in [0.05, 0.1) is 0 Å². The average Bonchev–Trinajstić information content (AvgIpc) is 3.54. The van der Waals surface area contributed by atoms with Gasteiger partial charge in [0, 0.05) is 29.1 Å². The van der Waals surface area contributed by atoms with E-state index in [1.165, 1.54) is 19.3 Å². The van der Waals surface area contributed by atoms with E-state index in [-0.39, 0.29) is 29.3 Å². The van der Waals surface area contributed by atoms with Crippen molar-refractivity contribution in [1.29, 1.82) is 0 Å². The number of carbonyl (C=O) groups is 3. The van der Waals surface area contributed by atoms with E-state index in [4.69, 9.17) is 5.73 Å². The summed E-state index contributed by atoms with van der Waals surface area (Å²) in [5.74, 6) is 0.143. The first kappa shape index (κ1) is 24.8. The van der Waals surface area contributed by atoms with Crippen LogP contribution in [0.15, 0.2) is 24.3 Å². The van der Waals surface area contributed by atoms with Crippen LogP contribution in [0.5, 0.6) is 0 Å². The summed E-state index contributed by atoms with van der Waals surface area (Å²) in [6, 6.07) is 6.48. The predicted molar refractivity (Wildman–Crippen MR) is 139 cm³/mol. The van der Waals surface area contributed by atoms with E-state index in [0.29, 0.717) is 36.1 Å². The summed E-state index contributed by atoms with van der Waals surface area (Å²) >= 11 is 0. The molecule has 1 aromatic carbocycles. The molecule has 3 aliphatic rings. The molecule has 0 bridgehead atoms. The standard InChI is InChI=1S/C28H38N4O4/c29-16-17-6-8-19(9-7-17)27(34)32-13-12-22(18-4-2-1-3-5-18)25(32)26(33)30-21-10-11-23-20(14-21)15-24(31-23)28(35)36/h10-11,14-15,17-19,22,25,31H,1-9,12-13,16,29H2,(H,30,33)(H,35,36)/t17-,19-,22-,25-/m0/s1. The lowest BCUT2D eigenvalue weighted by Crippen LogP contribution is -2.49. The first-order valence-electron chi connectivity index (χ1n) is 13.6. The Hall–Kier alpha value is -2.87. The number of fused-ring (bicyclic) bond motifs is 1. The molecule has 2 heterocycles. The number of aromatic nitrogens is 1. The maximum atomic E-state index is 13.8. The molecule has 36 heavy (non-hydrogen) atoms. The van der Waals surface area contributed by atoms with Crippen LogP contribution in [0.2, 0.25) is 0 Å². The Kier molecular flexibility index (Phi) is 7.32. The van der Waals surface area contributed by atoms with Crippen molar-refractivity contribution in [1.82, 2.24) is 9.88 Å². The van der Waals surface area contributed by atoms with Gasteiger partial charge in [-0.05, 0) is 80.7 Å². The molecule has 0 unspecified atom stereocenters. The molecule has 2 saturated carbocycles. The number of rotatable bonds is 6. The molecule has 0 radical (unpaired) electrons. The second-order valence-electron chi connectivity index (χ2n) is 11.1. The average molecular weight is 495 g/mol. The zero-order chi connectivity index (χ0) is 25.2. The van der Waals surface area contributed by atoms with Gasteiger partial charge in [-0.15, -0.1) is 0 Å². The minimum absolute atomic E-state index is 0.0150. The number of aromatic amines is 1. The SMILES string of the molecule is NC[C@H]1CC[C@H](C(=O)N2CC[C@@H](C3CCCCC3)[C@H]2C(=O)Nc2ccc3[nH]c(C(=O)O)cc3c2)CC1. The lowest BCUT2D eigenvalue weighted by molar-refractivity contribution is -0.142. The molecule has 1 aromatic heterocycles. The van der Waals surface area contributed by atoms with Crippen molar-refractivity contribution >= 4 is 34.4 Å². The maximum Gasteiger partial charge on any atom is 0.352 e. The third-order valence-electron chi connectivity index (χ3n) is 8.90. The summed E-state index contributed by atoms with van der Waals surface area (Å²) < 4.78 is 0. The maximum absolute atomic E-state index is 13.8. The molecular weight excluding hydrogens is 456 g/mol. The second kappa shape index (κ2) is 10.6. The van der Waals surface area contributed by atoms with Gasteiger partial charge in [0.2, 0.25) is 11.8 Å². The quantitative estimate of drug-likeness (QED) is 0.474. The van der Waals surface area contributed by atoms with Crippen LogP contribution in [0, 0.1) is 23.7 Å². The monoisotopic (exact) mass is 494 g/mol. The molecule has 1 aliphatic heterocycles. The van der Waals surface area contributed by atoms with Gasteiger partial charge in [-0.3, -0.25) is 9.59 Å². The highest BCUT2D eigenvalue weighted by atomic mass is 16.4. The molecule has 2 atom stereocenters. The van der Waals surface area contributed by atoms with Crippen LogP contribution in [0.3, 0.4) is 0 Å². The Bertz CT molecular complexity index is 1110. The van der Waals surface area contributed by atoms with Gasteiger partial charge in [-0.1, -0.05) is 32.1 Å². The molecule has 2 aliphatic carbocycles. The first-order valence-corrected chi connectivity index (χ1v) is 13.6. The Balaban J connectivity index is 1.36. The highest BCUT2D eigenvalue weighted by molar-refractivity contribution is 6.00. The van der Waals surface area contributed by atoms with E-state index >= 15 is 0 Å². The summed E-state index contributed by atoms with van der Waals surface area (Å²) in [6.45, 7) is 1.33. The fraction of sp³-hybridized carbons (Fsp3) is 0.607. The smallest absolute Gasteiger partial charge is 0.352 e. The van der Waals surface area contributed by atoms with Crippen LogP contribution >= 0.6 is 0 Å². The lowest BCUT2D eigenvalue weighted by atomic mass is 9.76. The Morgan fingerprint density at radius 2 is 1.75 bits per heavy atom. The number of carboxylic acid groups (broad SMARTS) is 1. The van der Waals surface area contributed by atoms with Gasteiger partial charge >= 0.3 is 5.97 Å². The first-order chi connectivity index (χ1) is 17.4. The van der Waals surface area contributed by atoms with Gasteiger partial charge in [-0.2, -0.15) is 0 Å². The summed E-state index contributed by atoms with van der Waals surface area (Å²) in [5, 5.41) is 13.1. The minimum atomic E-state index is -1.02. The van der Waals surface area contributed by atoms with Crippen LogP contribution in [0.4, 0.5) is 5.69 Å². The summed E-state index contributed by atoms with van der Waals surface area (Å²) in [4.78, 5) is 43.6. The van der Waals surface area contributed by atoms with Crippen LogP contribution in [-0.2, 0) is 9.59 Å². The van der Waals surface area contributed by atoms with Crippen LogP contribution in [-0.4, -0.2) is 51.9 Å². The molecular formula is C28H38N4O4. The van der Waals surface area contributed by atoms with E-state index in [9.17, 15) is 19.5 Å². The fourth-order valence-corrected chi connectivity index (χ4v) is 6.88. The van der Waals surface area contributed by atoms with E-state index in [0.717, 1.165) is 50.3 Å². The van der Waals surface area contributed by atoms with Crippen LogP contribution in [0.1, 0.15) is 74.7 Å². The van der Waals surface area contributed by atoms with E-state index in [2.05, 4.69) is 10.3 Å².